The Balaban J connectivity index is 1.61. The first kappa shape index (κ1) is 17.1. The summed E-state index contributed by atoms with van der Waals surface area (Å²) < 4.78 is 14.8. The smallest absolute Gasteiger partial charge is 0.137 e. The third kappa shape index (κ3) is 4.02. The van der Waals surface area contributed by atoms with E-state index in [-0.39, 0.29) is 11.9 Å². The fourth-order valence-corrected chi connectivity index (χ4v) is 2.75. The van der Waals surface area contributed by atoms with Crippen molar-refractivity contribution in [2.45, 2.75) is 32.0 Å². The molecule has 0 fully saturated rings. The highest BCUT2D eigenvalue weighted by molar-refractivity contribution is 5.44. The topological polar surface area (TPSA) is 73.3 Å². The summed E-state index contributed by atoms with van der Waals surface area (Å²) in [5.74, 6) is -0.313. The molecule has 0 spiro atoms. The van der Waals surface area contributed by atoms with E-state index >= 15 is 0 Å². The summed E-state index contributed by atoms with van der Waals surface area (Å²) in [5.41, 5.74) is 3.00. The van der Waals surface area contributed by atoms with E-state index in [2.05, 4.69) is 16.4 Å². The highest BCUT2D eigenvalue weighted by atomic mass is 19.1. The van der Waals surface area contributed by atoms with Gasteiger partial charge in [0.2, 0.25) is 0 Å². The third-order valence-electron chi connectivity index (χ3n) is 4.17. The molecule has 2 unspecified atom stereocenters. The Hall–Kier alpha value is -2.75. The number of nitrogens with zero attached hydrogens (tertiary/aromatic N) is 3. The number of nitrogens with one attached hydrogen (secondary N) is 1. The van der Waals surface area contributed by atoms with Gasteiger partial charge in [0.25, 0.3) is 0 Å². The molecule has 3 aromatic rings. The number of hydrogen-bond acceptors (Lipinski definition) is 4. The molecule has 25 heavy (non-hydrogen) atoms. The number of aliphatic hydroxyl groups is 1. The molecule has 0 bridgehead atoms. The van der Waals surface area contributed by atoms with Crippen LogP contribution in [0.5, 0.6) is 0 Å². The monoisotopic (exact) mass is 338 g/mol. The zero-order chi connectivity index (χ0) is 17.8. The van der Waals surface area contributed by atoms with Crippen LogP contribution in [0.25, 0.3) is 5.65 Å². The minimum Gasteiger partial charge on any atom is -0.388 e. The molecule has 0 saturated heterocycles. The van der Waals surface area contributed by atoms with Crippen LogP contribution < -0.4 is 5.32 Å². The highest BCUT2D eigenvalue weighted by Gasteiger charge is 2.13. The van der Waals surface area contributed by atoms with Crippen LogP contribution in [0, 0.1) is 17.1 Å². The number of halogens is 1. The van der Waals surface area contributed by atoms with Gasteiger partial charge in [0.1, 0.15) is 17.5 Å². The maximum absolute atomic E-state index is 12.9. The van der Waals surface area contributed by atoms with Crippen LogP contribution in [0.2, 0.25) is 0 Å². The molecule has 5 nitrogen and oxygen atoms in total. The van der Waals surface area contributed by atoms with Gasteiger partial charge < -0.3 is 14.8 Å². The predicted octanol–water partition coefficient (Wildman–Crippen LogP) is 2.95. The average Bonchev–Trinajstić information content (AvgIpc) is 3.02. The van der Waals surface area contributed by atoms with Crippen molar-refractivity contribution in [3.63, 3.8) is 0 Å². The number of fused-ring (bicyclic) bond motifs is 1. The third-order valence-corrected chi connectivity index (χ3v) is 4.17. The fraction of sp³-hybridized carbons (Fsp3) is 0.263. The highest BCUT2D eigenvalue weighted by Crippen LogP contribution is 2.19. The van der Waals surface area contributed by atoms with Crippen LogP contribution in [0.4, 0.5) is 4.39 Å². The Morgan fingerprint density at radius 3 is 2.76 bits per heavy atom. The summed E-state index contributed by atoms with van der Waals surface area (Å²) in [7, 11) is 0. The van der Waals surface area contributed by atoms with E-state index < -0.39 is 6.10 Å². The first-order chi connectivity index (χ1) is 12.1. The molecule has 1 aromatic carbocycles. The summed E-state index contributed by atoms with van der Waals surface area (Å²) in [6.45, 7) is 2.55. The van der Waals surface area contributed by atoms with Gasteiger partial charge in [-0.1, -0.05) is 12.1 Å². The van der Waals surface area contributed by atoms with E-state index in [1.54, 1.807) is 30.6 Å². The first-order valence-electron chi connectivity index (χ1n) is 8.10. The maximum Gasteiger partial charge on any atom is 0.137 e. The van der Waals surface area contributed by atoms with E-state index in [9.17, 15) is 9.50 Å². The van der Waals surface area contributed by atoms with Gasteiger partial charge in [0.15, 0.2) is 0 Å². The Morgan fingerprint density at radius 2 is 2.04 bits per heavy atom. The van der Waals surface area contributed by atoms with E-state index in [4.69, 9.17) is 5.26 Å². The molecule has 128 valence electrons. The molecule has 2 aromatic heterocycles. The molecular weight excluding hydrogens is 319 g/mol. The molecule has 0 saturated carbocycles. The fourth-order valence-electron chi connectivity index (χ4n) is 2.75. The molecule has 0 radical (unpaired) electrons. The number of aromatic nitrogens is 2. The van der Waals surface area contributed by atoms with Gasteiger partial charge >= 0.3 is 0 Å². The maximum atomic E-state index is 12.9. The molecule has 0 aliphatic rings. The second kappa shape index (κ2) is 7.43. The Morgan fingerprint density at radius 1 is 1.28 bits per heavy atom. The van der Waals surface area contributed by atoms with Gasteiger partial charge in [-0.2, -0.15) is 5.26 Å². The lowest BCUT2D eigenvalue weighted by molar-refractivity contribution is 0.153. The van der Waals surface area contributed by atoms with Crippen molar-refractivity contribution in [2.24, 2.45) is 0 Å². The van der Waals surface area contributed by atoms with Crippen LogP contribution in [-0.4, -0.2) is 20.5 Å². The van der Waals surface area contributed by atoms with E-state index in [0.29, 0.717) is 24.1 Å². The molecule has 2 atom stereocenters. The van der Waals surface area contributed by atoms with Crippen molar-refractivity contribution in [2.75, 3.05) is 0 Å². The van der Waals surface area contributed by atoms with Gasteiger partial charge in [-0.05, 0) is 43.2 Å². The van der Waals surface area contributed by atoms with Crippen LogP contribution in [0.15, 0.2) is 48.8 Å². The van der Waals surface area contributed by atoms with Crippen molar-refractivity contribution in [3.05, 3.63) is 71.4 Å². The van der Waals surface area contributed by atoms with Gasteiger partial charge in [0.05, 0.1) is 23.6 Å². The number of nitriles is 1. The summed E-state index contributed by atoms with van der Waals surface area (Å²) in [5, 5.41) is 22.6. The zero-order valence-corrected chi connectivity index (χ0v) is 13.9. The standard InChI is InChI=1S/C19H19FN4O/c1-13(8-18(25)15-3-5-16(20)6-4-15)22-10-17-11-23-19-7-2-14(9-21)12-24(17)19/h2-7,11-13,18,22,25H,8,10H2,1H3. The second-order valence-corrected chi connectivity index (χ2v) is 6.09. The minimum absolute atomic E-state index is 0.0461. The van der Waals surface area contributed by atoms with Crippen molar-refractivity contribution in [1.82, 2.24) is 14.7 Å². The van der Waals surface area contributed by atoms with E-state index in [1.807, 2.05) is 17.4 Å². The number of pyridine rings is 1. The zero-order valence-electron chi connectivity index (χ0n) is 13.9. The van der Waals surface area contributed by atoms with Crippen molar-refractivity contribution >= 4 is 5.65 Å². The van der Waals surface area contributed by atoms with E-state index in [0.717, 1.165) is 11.3 Å². The average molecular weight is 338 g/mol. The Labute approximate surface area is 145 Å². The largest absolute Gasteiger partial charge is 0.388 e. The lowest BCUT2D eigenvalue weighted by Crippen LogP contribution is -2.28. The number of imidazole rings is 1. The first-order valence-corrected chi connectivity index (χ1v) is 8.10. The lowest BCUT2D eigenvalue weighted by Gasteiger charge is -2.18. The number of hydrogen-bond donors (Lipinski definition) is 2. The molecule has 2 N–H and O–H groups in total. The molecule has 0 aliphatic heterocycles. The van der Waals surface area contributed by atoms with Gasteiger partial charge in [-0.25, -0.2) is 9.37 Å². The van der Waals surface area contributed by atoms with E-state index in [1.165, 1.54) is 12.1 Å². The summed E-state index contributed by atoms with van der Waals surface area (Å²) in [6.07, 6.45) is 3.38. The number of benzene rings is 1. The number of aliphatic hydroxyl groups excluding tert-OH is 1. The lowest BCUT2D eigenvalue weighted by atomic mass is 10.0. The van der Waals surface area contributed by atoms with Crippen molar-refractivity contribution in [1.29, 1.82) is 5.26 Å². The molecule has 0 aliphatic carbocycles. The Kier molecular flexibility index (Phi) is 5.08. The van der Waals surface area contributed by atoms with Gasteiger partial charge in [-0.3, -0.25) is 0 Å². The molecule has 6 heteroatoms. The summed E-state index contributed by atoms with van der Waals surface area (Å²) in [4.78, 5) is 4.32. The SMILES string of the molecule is CC(CC(O)c1ccc(F)cc1)NCc1cnc2ccc(C#N)cn12. The minimum atomic E-state index is -0.657. The van der Waals surface area contributed by atoms with Crippen molar-refractivity contribution < 1.29 is 9.50 Å². The second-order valence-electron chi connectivity index (χ2n) is 6.09. The molecule has 3 rings (SSSR count). The predicted molar refractivity (Wildman–Crippen MR) is 92.2 cm³/mol. The van der Waals surface area contributed by atoms with Gasteiger partial charge in [-0.15, -0.1) is 0 Å². The quantitative estimate of drug-likeness (QED) is 0.725. The molecule has 2 heterocycles. The normalized spacial score (nSPS) is 13.5. The number of rotatable bonds is 6. The molecular formula is C19H19FN4O. The Bertz CT molecular complexity index is 898. The summed E-state index contributed by atoms with van der Waals surface area (Å²) >= 11 is 0. The van der Waals surface area contributed by atoms with Crippen molar-refractivity contribution in [3.8, 4) is 6.07 Å². The van der Waals surface area contributed by atoms with Crippen LogP contribution >= 0.6 is 0 Å². The van der Waals surface area contributed by atoms with Crippen LogP contribution in [0.1, 0.15) is 36.3 Å². The van der Waals surface area contributed by atoms with Gasteiger partial charge in [0, 0.05) is 18.8 Å². The van der Waals surface area contributed by atoms with Crippen LogP contribution in [-0.2, 0) is 6.54 Å². The van der Waals surface area contributed by atoms with Crippen LogP contribution in [0.3, 0.4) is 0 Å². The molecule has 0 amide bonds. The summed E-state index contributed by atoms with van der Waals surface area (Å²) in [6, 6.07) is 11.6.